The summed E-state index contributed by atoms with van der Waals surface area (Å²) >= 11 is 0. The third kappa shape index (κ3) is 4.90. The molecule has 2 saturated heterocycles. The summed E-state index contributed by atoms with van der Waals surface area (Å²) in [7, 11) is 2.17. The molecule has 0 spiro atoms. The van der Waals surface area contributed by atoms with Crippen molar-refractivity contribution in [2.24, 2.45) is 0 Å². The Balaban J connectivity index is 1.35. The van der Waals surface area contributed by atoms with Crippen LogP contribution in [-0.2, 0) is 4.79 Å². The zero-order valence-electron chi connectivity index (χ0n) is 18.1. The Labute approximate surface area is 179 Å². The van der Waals surface area contributed by atoms with Gasteiger partial charge >= 0.3 is 0 Å². The molecule has 0 aliphatic carbocycles. The Morgan fingerprint density at radius 1 is 1.07 bits per heavy atom. The molecule has 30 heavy (non-hydrogen) atoms. The molecule has 3 heterocycles. The van der Waals surface area contributed by atoms with Crippen molar-refractivity contribution >= 4 is 17.4 Å². The minimum Gasteiger partial charge on any atom is -0.370 e. The van der Waals surface area contributed by atoms with E-state index in [0.717, 1.165) is 81.4 Å². The first-order valence-electron chi connectivity index (χ1n) is 11.0. The molecule has 1 aromatic heterocycles. The highest BCUT2D eigenvalue weighted by atomic mass is 16.2. The first-order chi connectivity index (χ1) is 14.6. The molecule has 1 aromatic carbocycles. The van der Waals surface area contributed by atoms with Crippen molar-refractivity contribution < 1.29 is 4.79 Å². The van der Waals surface area contributed by atoms with Crippen molar-refractivity contribution in [1.29, 1.82) is 0 Å². The van der Waals surface area contributed by atoms with Crippen LogP contribution in [0, 0.1) is 6.92 Å². The molecule has 0 bridgehead atoms. The summed E-state index contributed by atoms with van der Waals surface area (Å²) in [4.78, 5) is 27.8. The minimum atomic E-state index is 0.288. The number of nitrogens with zero attached hydrogens (tertiary/aromatic N) is 5. The molecule has 0 atom stereocenters. The van der Waals surface area contributed by atoms with E-state index in [1.165, 1.54) is 5.69 Å². The molecular weight excluding hydrogens is 376 g/mol. The van der Waals surface area contributed by atoms with E-state index in [9.17, 15) is 4.79 Å². The Morgan fingerprint density at radius 2 is 1.83 bits per heavy atom. The zero-order valence-corrected chi connectivity index (χ0v) is 18.1. The summed E-state index contributed by atoms with van der Waals surface area (Å²) in [6.45, 7) is 8.86. The lowest BCUT2D eigenvalue weighted by atomic mass is 10.1. The minimum absolute atomic E-state index is 0.288. The van der Waals surface area contributed by atoms with Crippen molar-refractivity contribution in [1.82, 2.24) is 19.8 Å². The third-order valence-corrected chi connectivity index (χ3v) is 6.03. The van der Waals surface area contributed by atoms with Gasteiger partial charge in [-0.15, -0.1) is 0 Å². The monoisotopic (exact) mass is 408 g/mol. The van der Waals surface area contributed by atoms with E-state index in [1.54, 1.807) is 0 Å². The fourth-order valence-corrected chi connectivity index (χ4v) is 4.06. The highest BCUT2D eigenvalue weighted by molar-refractivity contribution is 5.78. The van der Waals surface area contributed by atoms with Crippen molar-refractivity contribution in [2.45, 2.75) is 26.2 Å². The summed E-state index contributed by atoms with van der Waals surface area (Å²) in [5.41, 5.74) is 3.32. The van der Waals surface area contributed by atoms with E-state index >= 15 is 0 Å². The number of likely N-dealkylation sites (tertiary alicyclic amines) is 1. The highest BCUT2D eigenvalue weighted by Crippen LogP contribution is 2.23. The number of benzene rings is 1. The van der Waals surface area contributed by atoms with Gasteiger partial charge in [-0.25, -0.2) is 9.97 Å². The lowest BCUT2D eigenvalue weighted by molar-refractivity contribution is -0.127. The van der Waals surface area contributed by atoms with Gasteiger partial charge in [0, 0.05) is 75.2 Å². The largest absolute Gasteiger partial charge is 0.370 e. The lowest BCUT2D eigenvalue weighted by Crippen LogP contribution is -2.44. The van der Waals surface area contributed by atoms with E-state index in [0.29, 0.717) is 6.42 Å². The van der Waals surface area contributed by atoms with Crippen LogP contribution in [0.25, 0.3) is 11.4 Å². The van der Waals surface area contributed by atoms with Crippen molar-refractivity contribution in [3.8, 4) is 11.4 Å². The van der Waals surface area contributed by atoms with E-state index in [1.807, 2.05) is 18.0 Å². The molecule has 160 valence electrons. The van der Waals surface area contributed by atoms with Crippen LogP contribution in [-0.4, -0.2) is 78.5 Å². The number of amides is 1. The van der Waals surface area contributed by atoms with Crippen LogP contribution in [0.2, 0.25) is 0 Å². The molecule has 2 aromatic rings. The van der Waals surface area contributed by atoms with Gasteiger partial charge in [-0.05, 0) is 51.1 Å². The molecule has 1 N–H and O–H groups in total. The van der Waals surface area contributed by atoms with E-state index in [4.69, 9.17) is 4.98 Å². The van der Waals surface area contributed by atoms with Crippen LogP contribution in [0.1, 0.15) is 24.8 Å². The second-order valence-electron chi connectivity index (χ2n) is 8.33. The summed E-state index contributed by atoms with van der Waals surface area (Å²) in [5.74, 6) is 1.90. The molecule has 1 amide bonds. The summed E-state index contributed by atoms with van der Waals surface area (Å²) < 4.78 is 0. The van der Waals surface area contributed by atoms with Crippen molar-refractivity contribution in [3.63, 3.8) is 0 Å². The molecule has 0 radical (unpaired) electrons. The van der Waals surface area contributed by atoms with Crippen LogP contribution in [0.3, 0.4) is 0 Å². The van der Waals surface area contributed by atoms with Gasteiger partial charge in [0.15, 0.2) is 5.82 Å². The number of carbonyl (C=O) groups is 1. The number of likely N-dealkylation sites (N-methyl/N-ethyl adjacent to an activating group) is 1. The number of hydrogen-bond donors (Lipinski definition) is 1. The van der Waals surface area contributed by atoms with Crippen LogP contribution < -0.4 is 10.2 Å². The predicted octanol–water partition coefficient (Wildman–Crippen LogP) is 2.63. The normalized spacial score (nSPS) is 17.6. The number of rotatable bonds is 7. The molecule has 2 fully saturated rings. The number of piperazine rings is 1. The Kier molecular flexibility index (Phi) is 6.47. The Bertz CT molecular complexity index is 860. The highest BCUT2D eigenvalue weighted by Gasteiger charge is 2.19. The van der Waals surface area contributed by atoms with Crippen LogP contribution in [0.5, 0.6) is 0 Å². The molecular formula is C23H32N6O. The maximum atomic E-state index is 11.7. The Morgan fingerprint density at radius 3 is 2.53 bits per heavy atom. The number of hydrogen-bond acceptors (Lipinski definition) is 6. The average Bonchev–Trinajstić information content (AvgIpc) is 3.18. The number of carbonyl (C=O) groups excluding carboxylic acids is 1. The molecule has 7 nitrogen and oxygen atoms in total. The van der Waals surface area contributed by atoms with Crippen LogP contribution in [0.15, 0.2) is 30.5 Å². The maximum Gasteiger partial charge on any atom is 0.222 e. The predicted molar refractivity (Wildman–Crippen MR) is 121 cm³/mol. The number of nitrogens with one attached hydrogen (secondary N) is 1. The fourth-order valence-electron chi connectivity index (χ4n) is 4.06. The topological polar surface area (TPSA) is 64.6 Å². The molecule has 2 aliphatic rings. The SMILES string of the molecule is Cc1cnc(-c2ccc(N3CCN(C)CC3)cc2)nc1NCCCN1CCCC1=O. The quantitative estimate of drug-likeness (QED) is 0.711. The molecule has 0 saturated carbocycles. The summed E-state index contributed by atoms with van der Waals surface area (Å²) in [6, 6.07) is 8.57. The second-order valence-corrected chi connectivity index (χ2v) is 8.33. The lowest BCUT2D eigenvalue weighted by Gasteiger charge is -2.34. The van der Waals surface area contributed by atoms with E-state index in [2.05, 4.69) is 51.4 Å². The fraction of sp³-hybridized carbons (Fsp3) is 0.522. The molecule has 7 heteroatoms. The molecule has 0 unspecified atom stereocenters. The standard InChI is InChI=1S/C23H32N6O/c1-18-17-25-23(26-22(18)24-10-4-12-29-11-3-5-21(29)30)19-6-8-20(9-7-19)28-15-13-27(2)14-16-28/h6-9,17H,3-5,10-16H2,1-2H3,(H,24,25,26). The summed E-state index contributed by atoms with van der Waals surface area (Å²) in [5, 5.41) is 3.43. The average molecular weight is 409 g/mol. The van der Waals surface area contributed by atoms with Crippen LogP contribution >= 0.6 is 0 Å². The third-order valence-electron chi connectivity index (χ3n) is 6.03. The summed E-state index contributed by atoms with van der Waals surface area (Å²) in [6.07, 6.45) is 4.50. The number of aryl methyl sites for hydroxylation is 1. The number of aromatic nitrogens is 2. The zero-order chi connectivity index (χ0) is 20.9. The van der Waals surface area contributed by atoms with E-state index in [-0.39, 0.29) is 5.91 Å². The first kappa shape index (κ1) is 20.6. The van der Waals surface area contributed by atoms with Gasteiger partial charge < -0.3 is 20.0 Å². The smallest absolute Gasteiger partial charge is 0.222 e. The van der Waals surface area contributed by atoms with Crippen molar-refractivity contribution in [3.05, 3.63) is 36.0 Å². The number of anilines is 2. The van der Waals surface area contributed by atoms with E-state index < -0.39 is 0 Å². The van der Waals surface area contributed by atoms with Crippen molar-refractivity contribution in [2.75, 3.05) is 63.1 Å². The van der Waals surface area contributed by atoms with Gasteiger partial charge in [0.2, 0.25) is 5.91 Å². The maximum absolute atomic E-state index is 11.7. The van der Waals surface area contributed by atoms with Gasteiger partial charge in [0.25, 0.3) is 0 Å². The Hall–Kier alpha value is -2.67. The van der Waals surface area contributed by atoms with Gasteiger partial charge in [-0.1, -0.05) is 0 Å². The molecule has 4 rings (SSSR count). The van der Waals surface area contributed by atoms with Gasteiger partial charge in [-0.2, -0.15) is 0 Å². The first-order valence-corrected chi connectivity index (χ1v) is 11.0. The molecule has 2 aliphatic heterocycles. The van der Waals surface area contributed by atoms with Gasteiger partial charge in [-0.3, -0.25) is 4.79 Å². The second kappa shape index (κ2) is 9.43. The van der Waals surface area contributed by atoms with Crippen LogP contribution in [0.4, 0.5) is 11.5 Å². The van der Waals surface area contributed by atoms with Gasteiger partial charge in [0.1, 0.15) is 5.82 Å². The van der Waals surface area contributed by atoms with Gasteiger partial charge in [0.05, 0.1) is 0 Å².